The molecular formula is C17H28ClN3O2. The van der Waals surface area contributed by atoms with Crippen molar-refractivity contribution in [2.45, 2.75) is 37.9 Å². The number of rotatable bonds is 6. The number of nitrogens with zero attached hydrogens (tertiary/aromatic N) is 1. The van der Waals surface area contributed by atoms with Gasteiger partial charge in [-0.2, -0.15) is 0 Å². The lowest BCUT2D eigenvalue weighted by atomic mass is 9.90. The topological polar surface area (TPSA) is 67.6 Å². The maximum absolute atomic E-state index is 12.4. The number of ether oxygens (including phenoxy) is 1. The third kappa shape index (κ3) is 6.11. The Bertz CT molecular complexity index is 478. The molecular weight excluding hydrogens is 314 g/mol. The Kier molecular flexibility index (Phi) is 7.99. The van der Waals surface area contributed by atoms with E-state index in [1.165, 1.54) is 5.56 Å². The average Bonchev–Trinajstić information content (AvgIpc) is 2.48. The van der Waals surface area contributed by atoms with Gasteiger partial charge in [-0.3, -0.25) is 4.79 Å². The first kappa shape index (κ1) is 19.9. The van der Waals surface area contributed by atoms with E-state index in [-0.39, 0.29) is 24.4 Å². The van der Waals surface area contributed by atoms with Gasteiger partial charge in [0.15, 0.2) is 0 Å². The van der Waals surface area contributed by atoms with Crippen molar-refractivity contribution in [3.05, 3.63) is 35.9 Å². The summed E-state index contributed by atoms with van der Waals surface area (Å²) in [6, 6.07) is 10.4. The fourth-order valence-electron chi connectivity index (χ4n) is 2.80. The molecule has 5 nitrogen and oxygen atoms in total. The summed E-state index contributed by atoms with van der Waals surface area (Å²) in [5.74, 6) is -0.0589. The number of carbonyl (C=O) groups is 1. The van der Waals surface area contributed by atoms with Crippen molar-refractivity contribution < 1.29 is 9.53 Å². The van der Waals surface area contributed by atoms with Crippen molar-refractivity contribution in [2.75, 3.05) is 26.8 Å². The van der Waals surface area contributed by atoms with Crippen LogP contribution in [-0.2, 0) is 16.1 Å². The number of carbonyl (C=O) groups excluding carboxylic acids is 1. The van der Waals surface area contributed by atoms with Crippen LogP contribution in [0.15, 0.2) is 30.3 Å². The fraction of sp³-hybridized carbons (Fsp3) is 0.588. The smallest absolute Gasteiger partial charge is 0.240 e. The van der Waals surface area contributed by atoms with Gasteiger partial charge in [-0.05, 0) is 32.4 Å². The molecule has 0 spiro atoms. The summed E-state index contributed by atoms with van der Waals surface area (Å²) in [4.78, 5) is 14.6. The Labute approximate surface area is 145 Å². The van der Waals surface area contributed by atoms with Gasteiger partial charge in [0.1, 0.15) is 0 Å². The molecule has 2 rings (SSSR count). The zero-order valence-electron chi connectivity index (χ0n) is 14.0. The molecule has 1 aliphatic heterocycles. The highest BCUT2D eigenvalue weighted by molar-refractivity contribution is 5.86. The third-order valence-corrected chi connectivity index (χ3v) is 4.10. The van der Waals surface area contributed by atoms with Crippen molar-refractivity contribution in [1.82, 2.24) is 10.2 Å². The van der Waals surface area contributed by atoms with Crippen molar-refractivity contribution in [1.29, 1.82) is 0 Å². The van der Waals surface area contributed by atoms with E-state index in [1.807, 2.05) is 25.1 Å². The largest absolute Gasteiger partial charge is 0.381 e. The van der Waals surface area contributed by atoms with Crippen LogP contribution in [0.3, 0.4) is 0 Å². The number of hydrogen-bond acceptors (Lipinski definition) is 4. The van der Waals surface area contributed by atoms with E-state index in [9.17, 15) is 4.79 Å². The van der Waals surface area contributed by atoms with Gasteiger partial charge in [-0.25, -0.2) is 0 Å². The summed E-state index contributed by atoms with van der Waals surface area (Å²) >= 11 is 0. The number of nitrogens with one attached hydrogen (secondary N) is 1. The highest BCUT2D eigenvalue weighted by atomic mass is 35.5. The molecule has 0 aromatic heterocycles. The van der Waals surface area contributed by atoms with E-state index >= 15 is 0 Å². The minimum atomic E-state index is -0.773. The molecule has 1 unspecified atom stereocenters. The van der Waals surface area contributed by atoms with E-state index in [1.54, 1.807) is 0 Å². The first-order valence-corrected chi connectivity index (χ1v) is 7.90. The molecule has 0 bridgehead atoms. The lowest BCUT2D eigenvalue weighted by Gasteiger charge is -2.33. The van der Waals surface area contributed by atoms with Crippen LogP contribution in [0.2, 0.25) is 0 Å². The Morgan fingerprint density at radius 2 is 1.96 bits per heavy atom. The van der Waals surface area contributed by atoms with Gasteiger partial charge < -0.3 is 20.7 Å². The average molecular weight is 342 g/mol. The van der Waals surface area contributed by atoms with Crippen LogP contribution >= 0.6 is 12.4 Å². The molecule has 1 heterocycles. The van der Waals surface area contributed by atoms with Gasteiger partial charge >= 0.3 is 0 Å². The monoisotopic (exact) mass is 341 g/mol. The zero-order chi connectivity index (χ0) is 16.0. The first-order valence-electron chi connectivity index (χ1n) is 7.90. The number of amides is 1. The van der Waals surface area contributed by atoms with Crippen molar-refractivity contribution >= 4 is 18.3 Å². The van der Waals surface area contributed by atoms with Crippen LogP contribution in [-0.4, -0.2) is 49.2 Å². The summed E-state index contributed by atoms with van der Waals surface area (Å²) in [7, 11) is 2.06. The van der Waals surface area contributed by atoms with E-state index in [4.69, 9.17) is 10.5 Å². The highest BCUT2D eigenvalue weighted by Crippen LogP contribution is 2.18. The Morgan fingerprint density at radius 1 is 1.35 bits per heavy atom. The first-order chi connectivity index (χ1) is 10.5. The van der Waals surface area contributed by atoms with Crippen molar-refractivity contribution in [3.8, 4) is 0 Å². The summed E-state index contributed by atoms with van der Waals surface area (Å²) in [6.07, 6.45) is 1.18. The summed E-state index contributed by atoms with van der Waals surface area (Å²) in [5, 5.41) is 3.05. The van der Waals surface area contributed by atoms with Gasteiger partial charge in [0.25, 0.3) is 0 Å². The van der Waals surface area contributed by atoms with Gasteiger partial charge in [0.2, 0.25) is 5.91 Å². The Morgan fingerprint density at radius 3 is 2.57 bits per heavy atom. The lowest BCUT2D eigenvalue weighted by Crippen LogP contribution is -2.59. The van der Waals surface area contributed by atoms with E-state index in [0.717, 1.165) is 13.1 Å². The highest BCUT2D eigenvalue weighted by Gasteiger charge is 2.36. The molecule has 0 aliphatic carbocycles. The lowest BCUT2D eigenvalue weighted by molar-refractivity contribution is -0.130. The van der Waals surface area contributed by atoms with Gasteiger partial charge in [0, 0.05) is 32.3 Å². The van der Waals surface area contributed by atoms with Crippen molar-refractivity contribution in [3.63, 3.8) is 0 Å². The Hall–Kier alpha value is -1.14. The minimum Gasteiger partial charge on any atom is -0.381 e. The molecule has 1 amide bonds. The molecule has 1 saturated heterocycles. The summed E-state index contributed by atoms with van der Waals surface area (Å²) < 4.78 is 5.28. The maximum atomic E-state index is 12.4. The molecule has 6 heteroatoms. The number of hydrogen-bond donors (Lipinski definition) is 2. The van der Waals surface area contributed by atoms with E-state index < -0.39 is 5.54 Å². The van der Waals surface area contributed by atoms with Crippen LogP contribution in [0.4, 0.5) is 0 Å². The Balaban J connectivity index is 0.00000264. The molecule has 1 atom stereocenters. The molecule has 23 heavy (non-hydrogen) atoms. The van der Waals surface area contributed by atoms with E-state index in [2.05, 4.69) is 29.4 Å². The zero-order valence-corrected chi connectivity index (χ0v) is 14.8. The quantitative estimate of drug-likeness (QED) is 0.824. The van der Waals surface area contributed by atoms with Crippen LogP contribution < -0.4 is 11.1 Å². The molecule has 1 aliphatic rings. The second-order valence-corrected chi connectivity index (χ2v) is 6.33. The second kappa shape index (κ2) is 9.23. The molecule has 0 radical (unpaired) electrons. The molecule has 1 aromatic rings. The third-order valence-electron chi connectivity index (χ3n) is 4.10. The van der Waals surface area contributed by atoms with Gasteiger partial charge in [0.05, 0.1) is 5.54 Å². The molecule has 1 aromatic carbocycles. The SMILES string of the molecule is CC(CN(C)Cc1ccccc1)NC(=O)C1(N)CCOCC1.Cl. The second-order valence-electron chi connectivity index (χ2n) is 6.33. The normalized spacial score (nSPS) is 18.1. The number of likely N-dealkylation sites (N-methyl/N-ethyl adjacent to an activating group) is 1. The predicted octanol–water partition coefficient (Wildman–Crippen LogP) is 1.55. The maximum Gasteiger partial charge on any atom is 0.240 e. The van der Waals surface area contributed by atoms with Crippen LogP contribution in [0.5, 0.6) is 0 Å². The van der Waals surface area contributed by atoms with E-state index in [0.29, 0.717) is 26.1 Å². The van der Waals surface area contributed by atoms with Crippen molar-refractivity contribution in [2.24, 2.45) is 5.73 Å². The fourth-order valence-corrected chi connectivity index (χ4v) is 2.80. The standard InChI is InChI=1S/C17H27N3O2.ClH/c1-14(12-20(2)13-15-6-4-3-5-7-15)19-16(21)17(18)8-10-22-11-9-17;/h3-7,14H,8-13,18H2,1-2H3,(H,19,21);1H. The number of benzene rings is 1. The number of nitrogens with two attached hydrogens (primary N) is 1. The van der Waals surface area contributed by atoms with Crippen LogP contribution in [0, 0.1) is 0 Å². The summed E-state index contributed by atoms with van der Waals surface area (Å²) in [6.45, 7) is 4.79. The van der Waals surface area contributed by atoms with Gasteiger partial charge in [-0.15, -0.1) is 12.4 Å². The molecule has 0 saturated carbocycles. The molecule has 3 N–H and O–H groups in total. The number of halogens is 1. The molecule has 130 valence electrons. The predicted molar refractivity (Wildman–Crippen MR) is 94.6 cm³/mol. The van der Waals surface area contributed by atoms with Crippen LogP contribution in [0.1, 0.15) is 25.3 Å². The summed E-state index contributed by atoms with van der Waals surface area (Å²) in [5.41, 5.74) is 6.69. The molecule has 1 fully saturated rings. The van der Waals surface area contributed by atoms with Crippen LogP contribution in [0.25, 0.3) is 0 Å². The minimum absolute atomic E-state index is 0. The van der Waals surface area contributed by atoms with Gasteiger partial charge in [-0.1, -0.05) is 30.3 Å².